The molecule has 3 aromatic rings. The van der Waals surface area contributed by atoms with Crippen LogP contribution < -0.4 is 15.5 Å². The summed E-state index contributed by atoms with van der Waals surface area (Å²) in [7, 11) is -2.99. The second-order valence-electron chi connectivity index (χ2n) is 49.6. The number of carbonyl (C=O) groups excluding carboxylic acids is 5. The topological polar surface area (TPSA) is 288 Å². The molecule has 750 valence electrons. The first-order valence-electron chi connectivity index (χ1n) is 49.2. The van der Waals surface area contributed by atoms with Crippen LogP contribution in [0.3, 0.4) is 0 Å². The van der Waals surface area contributed by atoms with Gasteiger partial charge in [0.15, 0.2) is 0 Å². The van der Waals surface area contributed by atoms with Gasteiger partial charge in [-0.05, 0) is 207 Å². The number of nitrogens with one attached hydrogen (secondary N) is 2. The average Bonchev–Trinajstić information content (AvgIpc) is 0.891. The van der Waals surface area contributed by atoms with Gasteiger partial charge < -0.3 is 48.8 Å². The van der Waals surface area contributed by atoms with Gasteiger partial charge in [-0.25, -0.2) is 32.5 Å². The van der Waals surface area contributed by atoms with Gasteiger partial charge in [0, 0.05) is 177 Å². The highest BCUT2D eigenvalue weighted by Crippen LogP contribution is 2.45. The molecule has 10 saturated heterocycles. The molecule has 5 amide bonds. The maximum Gasteiger partial charge on any atom is 0.409 e. The van der Waals surface area contributed by atoms with Gasteiger partial charge in [0.1, 0.15) is 38.0 Å². The first-order valence-corrected chi connectivity index (χ1v) is 51.1. The normalized spacial score (nSPS) is 24.8. The monoisotopic (exact) mass is 1850 g/mol. The first kappa shape index (κ1) is 116. The van der Waals surface area contributed by atoms with Crippen molar-refractivity contribution in [2.45, 2.75) is 361 Å². The molecule has 3 aromatic heterocycles. The molecule has 0 bridgehead atoms. The summed E-state index contributed by atoms with van der Waals surface area (Å²) in [6, 6.07) is 2.15. The summed E-state index contributed by atoms with van der Waals surface area (Å²) in [4.78, 5) is 83.0. The van der Waals surface area contributed by atoms with Gasteiger partial charge in [0.05, 0.1) is 26.1 Å². The molecule has 2 N–H and O–H groups in total. The van der Waals surface area contributed by atoms with Crippen LogP contribution in [0.1, 0.15) is 332 Å². The Labute approximate surface area is 791 Å². The minimum Gasteiger partial charge on any atom is -0.450 e. The molecule has 0 aliphatic carbocycles. The zero-order valence-corrected chi connectivity index (χ0v) is 90.3. The zero-order chi connectivity index (χ0) is 99.1. The fourth-order valence-electron chi connectivity index (χ4n) is 18.8. The van der Waals surface area contributed by atoms with Gasteiger partial charge in [-0.15, -0.1) is 20.4 Å². The fourth-order valence-corrected chi connectivity index (χ4v) is 19.7. The lowest BCUT2D eigenvalue weighted by Gasteiger charge is -2.48. The van der Waals surface area contributed by atoms with E-state index in [-0.39, 0.29) is 68.5 Å². The third-order valence-electron chi connectivity index (χ3n) is 29.1. The summed E-state index contributed by atoms with van der Waals surface area (Å²) in [5.74, 6) is 5.74. The van der Waals surface area contributed by atoms with Crippen LogP contribution in [0.4, 0.5) is 10.7 Å². The molecule has 0 radical (unpaired) electrons. The number of nitrogens with zero attached hydrogens (tertiary/aromatic N) is 17. The highest BCUT2D eigenvalue weighted by molar-refractivity contribution is 7.88. The van der Waals surface area contributed by atoms with Crippen LogP contribution in [0.25, 0.3) is 0 Å². The number of rotatable bonds is 5. The van der Waals surface area contributed by atoms with Crippen LogP contribution in [-0.2, 0) is 38.7 Å². The number of piperidine rings is 4. The van der Waals surface area contributed by atoms with E-state index in [1.807, 2.05) is 46.9 Å². The molecular formula is C101H191N19O9S. The van der Waals surface area contributed by atoms with Crippen LogP contribution in [-0.4, -0.2) is 276 Å². The van der Waals surface area contributed by atoms with E-state index in [4.69, 9.17) is 9.47 Å². The molecule has 0 spiro atoms. The van der Waals surface area contributed by atoms with Crippen molar-refractivity contribution in [3.8, 4) is 0 Å². The number of aromatic nitrogens is 9. The van der Waals surface area contributed by atoms with E-state index in [0.29, 0.717) is 107 Å². The van der Waals surface area contributed by atoms with Gasteiger partial charge in [0.2, 0.25) is 39.6 Å². The average molecular weight is 1850 g/mol. The Morgan fingerprint density at radius 3 is 1.34 bits per heavy atom. The molecule has 10 aliphatic rings. The van der Waals surface area contributed by atoms with Gasteiger partial charge >= 0.3 is 6.09 Å². The number of hydrogen-bond acceptors (Lipinski definition) is 20. The summed E-state index contributed by atoms with van der Waals surface area (Å²) in [5.41, 5.74) is 3.39. The van der Waals surface area contributed by atoms with Gasteiger partial charge in [-0.1, -0.05) is 166 Å². The van der Waals surface area contributed by atoms with Crippen LogP contribution in [0.15, 0.2) is 38.0 Å². The lowest BCUT2D eigenvalue weighted by atomic mass is 9.67. The van der Waals surface area contributed by atoms with Crippen molar-refractivity contribution < 1.29 is 41.9 Å². The Hall–Kier alpha value is -6.01. The fraction of sp³-hybridized carbons (Fsp3) is 0.881. The second kappa shape index (κ2) is 49.1. The van der Waals surface area contributed by atoms with Gasteiger partial charge in [-0.2, -0.15) is 0 Å². The third kappa shape index (κ3) is 38.6. The summed E-state index contributed by atoms with van der Waals surface area (Å²) in [5, 5.41) is 21.4. The van der Waals surface area contributed by atoms with E-state index in [0.717, 1.165) is 149 Å². The Bertz CT molecular complexity index is 3900. The van der Waals surface area contributed by atoms with Crippen LogP contribution in [0.2, 0.25) is 0 Å². The molecule has 9 atom stereocenters. The number of hydrogen-bond donors (Lipinski definition) is 2. The van der Waals surface area contributed by atoms with E-state index in [1.54, 1.807) is 30.8 Å². The van der Waals surface area contributed by atoms with Crippen molar-refractivity contribution in [2.75, 3.05) is 136 Å². The smallest absolute Gasteiger partial charge is 0.409 e. The number of sulfonamides is 1. The Kier molecular flexibility index (Phi) is 44.0. The van der Waals surface area contributed by atoms with Crippen LogP contribution in [0.5, 0.6) is 0 Å². The first-order chi connectivity index (χ1) is 59.4. The number of anilines is 1. The Morgan fingerprint density at radius 2 is 1.00 bits per heavy atom. The molecule has 10 aliphatic heterocycles. The quantitative estimate of drug-likeness (QED) is 0.240. The standard InChI is InChI=1S/2C12H22N4.C12H23NO2.C11H19N5.C11H23NO2S.C10H19NO.C9H17NO.2C8H15NO.C8H16O/c1-10-7-16(12(2,3)4)6-5-11(10)15-8-13-14-9-15;1-10-7-11(15-8-13-14-9-15)5-6-16(10)12(2,3)4;1-5-15-11(14)13-8-6-10(7-9-13)12(2,3)4;1-11(2,3)16-6-4-15(5-7-16)10-13-8-12-9-14-10;1-9-8-12(15(5,13)14)7-6-10(9)11(2,3)4;1-8(12)11-6-5-9(7-11)10(2,3)4;1-7(11)10-5-8(6-10)9(2,3)4;1-8(2,3)6-4-5-9-7(6)10;1-8(2,3)6-4-5-7(10)9-6;1-7(2,3)8(4)5-9-6-8/h2*8-11H,5-7H2,1-4H3;10H,5-9H2,1-4H3;8-9H,4-7H2,1-3H3;9-10H,6-8H2,1-5H3;9H,5-7H2,1-4H3;8H,5-6H2,1-4H3;2*6H,4-5H2,1-3H3,(H,9,10);5-6H2,1-4H3. The highest BCUT2D eigenvalue weighted by atomic mass is 32.2. The van der Waals surface area contributed by atoms with Crippen LogP contribution in [0, 0.1) is 84.7 Å². The number of likely N-dealkylation sites (tertiary alicyclic amines) is 5. The molecular weight excluding hydrogens is 1660 g/mol. The molecule has 13 rings (SSSR count). The summed E-state index contributed by atoms with van der Waals surface area (Å²) in [6.45, 7) is 99.1. The minimum atomic E-state index is -2.99. The number of piperazine rings is 1. The summed E-state index contributed by atoms with van der Waals surface area (Å²) in [6.07, 6.45) is 22.3. The van der Waals surface area contributed by atoms with E-state index >= 15 is 0 Å². The lowest BCUT2D eigenvalue weighted by Crippen LogP contribution is -2.53. The zero-order valence-electron chi connectivity index (χ0n) is 89.5. The maximum atomic E-state index is 11.5. The predicted molar refractivity (Wildman–Crippen MR) is 530 cm³/mol. The van der Waals surface area contributed by atoms with E-state index < -0.39 is 10.0 Å². The Morgan fingerprint density at radius 1 is 0.508 bits per heavy atom. The van der Waals surface area contributed by atoms with Gasteiger partial charge in [0.25, 0.3) is 0 Å². The number of ether oxygens (including phenoxy) is 2. The van der Waals surface area contributed by atoms with Gasteiger partial charge in [-0.3, -0.25) is 33.9 Å². The number of amides is 5. The van der Waals surface area contributed by atoms with Crippen molar-refractivity contribution >= 4 is 45.7 Å². The number of carbonyl (C=O) groups is 5. The molecule has 130 heavy (non-hydrogen) atoms. The second-order valence-corrected chi connectivity index (χ2v) is 51.5. The van der Waals surface area contributed by atoms with E-state index in [1.165, 1.54) is 31.9 Å². The largest absolute Gasteiger partial charge is 0.450 e. The molecule has 29 heteroatoms. The molecule has 0 saturated carbocycles. The van der Waals surface area contributed by atoms with Crippen LogP contribution >= 0.6 is 0 Å². The molecule has 10 fully saturated rings. The summed E-state index contributed by atoms with van der Waals surface area (Å²) >= 11 is 0. The van der Waals surface area contributed by atoms with Crippen molar-refractivity contribution in [1.82, 2.24) is 88.8 Å². The Balaban J connectivity index is 0.000000304. The van der Waals surface area contributed by atoms with Crippen molar-refractivity contribution in [1.29, 1.82) is 0 Å². The highest BCUT2D eigenvalue weighted by Gasteiger charge is 2.45. The van der Waals surface area contributed by atoms with Crippen molar-refractivity contribution in [3.05, 3.63) is 38.0 Å². The molecule has 28 nitrogen and oxygen atoms in total. The third-order valence-corrected chi connectivity index (χ3v) is 30.3. The molecule has 13 heterocycles. The maximum absolute atomic E-state index is 11.5. The van der Waals surface area contributed by atoms with E-state index in [9.17, 15) is 32.4 Å². The molecule has 9 unspecified atom stereocenters. The van der Waals surface area contributed by atoms with Crippen molar-refractivity contribution in [2.24, 2.45) is 84.7 Å². The lowest BCUT2D eigenvalue weighted by molar-refractivity contribution is -0.158. The summed E-state index contributed by atoms with van der Waals surface area (Å²) < 4.78 is 38.9. The molecule has 0 aromatic carbocycles. The minimum absolute atomic E-state index is 0.139. The van der Waals surface area contributed by atoms with E-state index in [2.05, 4.69) is 310 Å². The van der Waals surface area contributed by atoms with Crippen molar-refractivity contribution in [3.63, 3.8) is 0 Å². The predicted octanol–water partition coefficient (Wildman–Crippen LogP) is 17.7. The SMILES string of the molecule is CC(=O)N1CC(C(C)(C)C)C1.CC(=O)N1CCC(C(C)(C)C)C1.CC(C)(C)C1(C)COC1.CC(C)(C)C1CCC(=O)N1.CC(C)(C)C1CCNC1=O.CC(C)(C)N1CCN(c2ncncn2)CC1.CC1CC(n2cnnc2)CCN1C(C)(C)C.CC1CN(C(C)(C)C)CCC1n1cnnc1.CC1CN(S(C)(=O)=O)CCC1C(C)(C)C.CCOC(=O)N1CCC(C(C)(C)C)CC1.